The summed E-state index contributed by atoms with van der Waals surface area (Å²) in [5, 5.41) is 11.8. The van der Waals surface area contributed by atoms with E-state index < -0.39 is 17.9 Å². The Bertz CT molecular complexity index is 658. The number of aliphatic carboxylic acids is 1. The lowest BCUT2D eigenvalue weighted by atomic mass is 10.00. The standard InChI is InChI=1S/C14H17N3O6/c18-13(19)12-7-4-8-15(9-12)16-17(23-16)22-10-21-14(20)11-5-2-1-3-6-11/h1-3,5-6,12H,4,7-10H2,(H,18,19). The molecule has 0 spiro atoms. The molecule has 0 amide bonds. The highest BCUT2D eigenvalue weighted by Gasteiger charge is 2.30. The molecule has 0 bridgehead atoms. The SMILES string of the molecule is O=C(OCOn1on1N1CCCC(C(=O)O)C1)c1ccccc1. The summed E-state index contributed by atoms with van der Waals surface area (Å²) in [7, 11) is 0. The number of carboxylic acid groups (broad SMARTS) is 1. The molecule has 1 aliphatic rings. The molecule has 23 heavy (non-hydrogen) atoms. The van der Waals surface area contributed by atoms with Crippen LogP contribution in [0.4, 0.5) is 0 Å². The van der Waals surface area contributed by atoms with E-state index in [1.807, 2.05) is 0 Å². The van der Waals surface area contributed by atoms with Crippen molar-refractivity contribution in [2.45, 2.75) is 12.8 Å². The Morgan fingerprint density at radius 1 is 1.30 bits per heavy atom. The highest BCUT2D eigenvalue weighted by Crippen LogP contribution is 2.16. The second kappa shape index (κ2) is 6.51. The molecular weight excluding hydrogens is 306 g/mol. The van der Waals surface area contributed by atoms with Gasteiger partial charge in [-0.25, -0.2) is 4.79 Å². The molecule has 1 fully saturated rings. The van der Waals surface area contributed by atoms with Crippen LogP contribution in [0.15, 0.2) is 35.0 Å². The van der Waals surface area contributed by atoms with Crippen molar-refractivity contribution >= 4 is 11.9 Å². The molecule has 1 atom stereocenters. The van der Waals surface area contributed by atoms with Gasteiger partial charge in [-0.3, -0.25) is 9.80 Å². The van der Waals surface area contributed by atoms with Crippen LogP contribution >= 0.6 is 0 Å². The summed E-state index contributed by atoms with van der Waals surface area (Å²) in [6.07, 6.45) is 1.41. The zero-order chi connectivity index (χ0) is 16.2. The van der Waals surface area contributed by atoms with E-state index in [4.69, 9.17) is 19.3 Å². The van der Waals surface area contributed by atoms with Gasteiger partial charge in [0.15, 0.2) is 0 Å². The lowest BCUT2D eigenvalue weighted by Gasteiger charge is -2.26. The number of benzene rings is 1. The molecule has 1 aromatic carbocycles. The molecule has 124 valence electrons. The third-order valence-electron chi connectivity index (χ3n) is 3.61. The van der Waals surface area contributed by atoms with Gasteiger partial charge in [-0.05, 0) is 25.0 Å². The molecule has 2 heterocycles. The van der Waals surface area contributed by atoms with Gasteiger partial charge < -0.3 is 14.7 Å². The van der Waals surface area contributed by atoms with Gasteiger partial charge in [0, 0.05) is 11.5 Å². The molecule has 1 N–H and O–H groups in total. The fourth-order valence-electron chi connectivity index (χ4n) is 2.37. The second-order valence-electron chi connectivity index (χ2n) is 5.21. The summed E-state index contributed by atoms with van der Waals surface area (Å²) in [4.78, 5) is 29.1. The summed E-state index contributed by atoms with van der Waals surface area (Å²) in [6.45, 7) is 0.715. The average Bonchev–Trinajstić information content (AvgIpc) is 3.35. The van der Waals surface area contributed by atoms with E-state index in [9.17, 15) is 9.59 Å². The normalized spacial score (nSPS) is 17.9. The van der Waals surface area contributed by atoms with E-state index in [2.05, 4.69) is 0 Å². The van der Waals surface area contributed by atoms with E-state index in [0.717, 1.165) is 11.4 Å². The van der Waals surface area contributed by atoms with Crippen LogP contribution in [0.1, 0.15) is 23.2 Å². The van der Waals surface area contributed by atoms with Crippen LogP contribution in [0, 0.1) is 5.92 Å². The molecule has 0 aliphatic carbocycles. The Morgan fingerprint density at radius 2 is 2.09 bits per heavy atom. The molecule has 0 saturated carbocycles. The van der Waals surface area contributed by atoms with Gasteiger partial charge in [-0.2, -0.15) is 4.63 Å². The number of aromatic nitrogens is 2. The number of nitrogens with zero attached hydrogens (tertiary/aromatic N) is 3. The third-order valence-corrected chi connectivity index (χ3v) is 3.61. The van der Waals surface area contributed by atoms with E-state index in [1.165, 1.54) is 4.96 Å². The average molecular weight is 323 g/mol. The van der Waals surface area contributed by atoms with Gasteiger partial charge >= 0.3 is 11.9 Å². The van der Waals surface area contributed by atoms with Crippen LogP contribution in [0.2, 0.25) is 0 Å². The summed E-state index contributed by atoms with van der Waals surface area (Å²) >= 11 is 0. The van der Waals surface area contributed by atoms with Crippen molar-refractivity contribution in [1.29, 1.82) is 0 Å². The predicted molar refractivity (Wildman–Crippen MR) is 76.3 cm³/mol. The van der Waals surface area contributed by atoms with Gasteiger partial charge in [0.1, 0.15) is 5.02 Å². The zero-order valence-electron chi connectivity index (χ0n) is 12.3. The minimum atomic E-state index is -0.819. The molecule has 1 aromatic heterocycles. The fraction of sp³-hybridized carbons (Fsp3) is 0.429. The molecule has 1 unspecified atom stereocenters. The first-order valence-electron chi connectivity index (χ1n) is 7.26. The monoisotopic (exact) mass is 323 g/mol. The van der Waals surface area contributed by atoms with Crippen molar-refractivity contribution in [3.05, 3.63) is 35.9 Å². The smallest absolute Gasteiger partial charge is 0.341 e. The van der Waals surface area contributed by atoms with Crippen LogP contribution in [0.25, 0.3) is 0 Å². The Hall–Kier alpha value is -2.84. The lowest BCUT2D eigenvalue weighted by Crippen LogP contribution is -2.44. The number of esters is 1. The Labute approximate surface area is 131 Å². The summed E-state index contributed by atoms with van der Waals surface area (Å²) in [5.41, 5.74) is 0.431. The molecule has 0 radical (unpaired) electrons. The number of carboxylic acids is 1. The van der Waals surface area contributed by atoms with Gasteiger partial charge in [0.05, 0.1) is 18.0 Å². The van der Waals surface area contributed by atoms with Crippen molar-refractivity contribution in [2.75, 3.05) is 24.9 Å². The topological polar surface area (TPSA) is 99.1 Å². The maximum Gasteiger partial charge on any atom is 0.341 e. The van der Waals surface area contributed by atoms with E-state index in [-0.39, 0.29) is 6.79 Å². The number of hydrogen-bond donors (Lipinski definition) is 1. The molecule has 1 saturated heterocycles. The molecule has 9 heteroatoms. The number of carbonyl (C=O) groups excluding carboxylic acids is 1. The molecule has 3 rings (SSSR count). The summed E-state index contributed by atoms with van der Waals surface area (Å²) in [6, 6.07) is 8.56. The van der Waals surface area contributed by atoms with Crippen LogP contribution in [-0.2, 0) is 9.53 Å². The highest BCUT2D eigenvalue weighted by molar-refractivity contribution is 5.89. The Kier molecular flexibility index (Phi) is 4.26. The molecule has 9 nitrogen and oxygen atoms in total. The number of hydrogen-bond acceptors (Lipinski definition) is 6. The molecular formula is C14H17N3O6. The van der Waals surface area contributed by atoms with Crippen molar-refractivity contribution in [1.82, 2.24) is 9.98 Å². The fourth-order valence-corrected chi connectivity index (χ4v) is 2.37. The van der Waals surface area contributed by atoms with Gasteiger partial charge in [-0.1, -0.05) is 18.2 Å². The number of rotatable bonds is 6. The maximum absolute atomic E-state index is 11.7. The van der Waals surface area contributed by atoms with E-state index >= 15 is 0 Å². The van der Waals surface area contributed by atoms with Crippen molar-refractivity contribution < 1.29 is 28.9 Å². The van der Waals surface area contributed by atoms with Gasteiger partial charge in [-0.15, -0.1) is 0 Å². The van der Waals surface area contributed by atoms with Crippen molar-refractivity contribution in [3.63, 3.8) is 0 Å². The van der Waals surface area contributed by atoms with Crippen LogP contribution < -0.4 is 9.85 Å². The molecule has 1 aliphatic heterocycles. The zero-order valence-corrected chi connectivity index (χ0v) is 12.3. The van der Waals surface area contributed by atoms with Gasteiger partial charge in [0.2, 0.25) is 0 Å². The van der Waals surface area contributed by atoms with E-state index in [1.54, 1.807) is 35.3 Å². The maximum atomic E-state index is 11.7. The minimum absolute atomic E-state index is 0.305. The van der Waals surface area contributed by atoms with Crippen molar-refractivity contribution in [3.8, 4) is 0 Å². The Morgan fingerprint density at radius 3 is 2.83 bits per heavy atom. The van der Waals surface area contributed by atoms with E-state index in [0.29, 0.717) is 25.1 Å². The quantitative estimate of drug-likeness (QED) is 0.612. The van der Waals surface area contributed by atoms with Gasteiger partial charge in [0.25, 0.3) is 6.79 Å². The first kappa shape index (κ1) is 15.1. The lowest BCUT2D eigenvalue weighted by molar-refractivity contribution is -0.142. The number of carbonyl (C=O) groups is 2. The first-order chi connectivity index (χ1) is 11.1. The summed E-state index contributed by atoms with van der Waals surface area (Å²) < 4.78 is 10.0. The highest BCUT2D eigenvalue weighted by atomic mass is 17.0. The second-order valence-corrected chi connectivity index (χ2v) is 5.21. The number of ether oxygens (including phenoxy) is 1. The number of piperidine rings is 1. The van der Waals surface area contributed by atoms with Crippen LogP contribution in [-0.4, -0.2) is 46.9 Å². The van der Waals surface area contributed by atoms with Crippen molar-refractivity contribution in [2.24, 2.45) is 5.92 Å². The molecule has 2 aromatic rings. The van der Waals surface area contributed by atoms with Crippen LogP contribution in [0.3, 0.4) is 0 Å². The van der Waals surface area contributed by atoms with Crippen LogP contribution in [0.5, 0.6) is 0 Å². The summed E-state index contributed by atoms with van der Waals surface area (Å²) in [5.74, 6) is -1.74. The Balaban J connectivity index is 1.44. The minimum Gasteiger partial charge on any atom is -0.481 e. The first-order valence-corrected chi connectivity index (χ1v) is 7.26. The predicted octanol–water partition coefficient (Wildman–Crippen LogP) is 0.558. The largest absolute Gasteiger partial charge is 0.481 e. The third kappa shape index (κ3) is 3.68.